The monoisotopic (exact) mass is 395 g/mol. The van der Waals surface area contributed by atoms with Gasteiger partial charge in [-0.25, -0.2) is 4.68 Å². The highest BCUT2D eigenvalue weighted by molar-refractivity contribution is 5.84. The van der Waals surface area contributed by atoms with Crippen molar-refractivity contribution in [2.75, 3.05) is 20.2 Å². The number of methoxy groups -OCH3 is 1. The first-order valence-electron chi connectivity index (χ1n) is 9.06. The lowest BCUT2D eigenvalue weighted by Gasteiger charge is -2.10. The molecule has 1 heterocycles. The Kier molecular flexibility index (Phi) is 6.51. The van der Waals surface area contributed by atoms with Gasteiger partial charge in [-0.2, -0.15) is 0 Å². The molecule has 0 saturated heterocycles. The summed E-state index contributed by atoms with van der Waals surface area (Å²) < 4.78 is 6.24. The number of carbonyl (C=O) groups is 2. The molecule has 9 nitrogen and oxygen atoms in total. The fourth-order valence-corrected chi connectivity index (χ4v) is 2.81. The van der Waals surface area contributed by atoms with Crippen molar-refractivity contribution in [3.8, 4) is 5.75 Å². The van der Waals surface area contributed by atoms with Gasteiger partial charge >= 0.3 is 0 Å². The summed E-state index contributed by atoms with van der Waals surface area (Å²) in [5.74, 6) is -0.0706. The largest absolute Gasteiger partial charge is 0.496 e. The van der Waals surface area contributed by atoms with E-state index in [1.54, 1.807) is 31.4 Å². The zero-order valence-electron chi connectivity index (χ0n) is 15.9. The molecule has 2 N–H and O–H groups in total. The number of carbonyl (C=O) groups excluding carboxylic acids is 2. The van der Waals surface area contributed by atoms with Gasteiger partial charge in [0.05, 0.1) is 19.0 Å². The van der Waals surface area contributed by atoms with Crippen LogP contribution in [-0.4, -0.2) is 47.0 Å². The number of nitrogens with one attached hydrogen (secondary N) is 2. The predicted molar refractivity (Wildman–Crippen MR) is 107 cm³/mol. The molecule has 3 rings (SSSR count). The van der Waals surface area contributed by atoms with E-state index in [-0.39, 0.29) is 19.0 Å². The molecule has 0 aliphatic heterocycles. The van der Waals surface area contributed by atoms with Gasteiger partial charge in [-0.1, -0.05) is 35.5 Å². The highest BCUT2D eigenvalue weighted by Crippen LogP contribution is 2.17. The van der Waals surface area contributed by atoms with Gasteiger partial charge in [-0.15, -0.1) is 5.10 Å². The van der Waals surface area contributed by atoms with Gasteiger partial charge in [0.1, 0.15) is 17.8 Å². The van der Waals surface area contributed by atoms with Crippen LogP contribution in [0.1, 0.15) is 5.56 Å². The lowest BCUT2D eigenvalue weighted by Crippen LogP contribution is -2.40. The summed E-state index contributed by atoms with van der Waals surface area (Å²) in [6.07, 6.45) is 0.603. The van der Waals surface area contributed by atoms with Gasteiger partial charge in [0.2, 0.25) is 11.8 Å². The minimum absolute atomic E-state index is 0.194. The first-order chi connectivity index (χ1) is 14.1. The van der Waals surface area contributed by atoms with Gasteiger partial charge in [0.15, 0.2) is 0 Å². The third-order valence-corrected chi connectivity index (χ3v) is 4.28. The number of benzene rings is 2. The molecule has 0 unspecified atom stereocenters. The van der Waals surface area contributed by atoms with E-state index >= 15 is 0 Å². The van der Waals surface area contributed by atoms with E-state index < -0.39 is 11.5 Å². The summed E-state index contributed by atoms with van der Waals surface area (Å²) in [6.45, 7) is -0.101. The molecular formula is C20H21N5O4. The zero-order chi connectivity index (χ0) is 20.6. The third-order valence-electron chi connectivity index (χ3n) is 4.28. The molecule has 1 aromatic heterocycles. The first kappa shape index (κ1) is 20.0. The van der Waals surface area contributed by atoms with E-state index in [4.69, 9.17) is 4.74 Å². The number of amides is 2. The van der Waals surface area contributed by atoms with Gasteiger partial charge in [-0.3, -0.25) is 14.4 Å². The maximum atomic E-state index is 12.3. The minimum atomic E-state index is -0.503. The molecule has 0 atom stereocenters. The van der Waals surface area contributed by atoms with Crippen LogP contribution in [0.15, 0.2) is 53.3 Å². The number of fused-ring (bicyclic) bond motifs is 1. The van der Waals surface area contributed by atoms with Crippen LogP contribution < -0.4 is 20.9 Å². The summed E-state index contributed by atoms with van der Waals surface area (Å²) in [6, 6.07) is 14.3. The second-order valence-electron chi connectivity index (χ2n) is 6.26. The van der Waals surface area contributed by atoms with E-state index in [2.05, 4.69) is 20.9 Å². The predicted octanol–water partition coefficient (Wildman–Crippen LogP) is 0.275. The molecule has 2 amide bonds. The molecule has 0 saturated carbocycles. The van der Waals surface area contributed by atoms with Crippen LogP contribution >= 0.6 is 0 Å². The normalized spacial score (nSPS) is 10.5. The number of nitrogens with zero attached hydrogens (tertiary/aromatic N) is 3. The molecule has 29 heavy (non-hydrogen) atoms. The summed E-state index contributed by atoms with van der Waals surface area (Å²) in [4.78, 5) is 36.3. The number of hydrogen-bond acceptors (Lipinski definition) is 6. The van der Waals surface area contributed by atoms with Crippen molar-refractivity contribution in [2.24, 2.45) is 0 Å². The molecule has 0 bridgehead atoms. The Hall–Kier alpha value is -3.75. The maximum Gasteiger partial charge on any atom is 0.278 e. The minimum Gasteiger partial charge on any atom is -0.496 e. The Morgan fingerprint density at radius 2 is 1.79 bits per heavy atom. The number of ether oxygens (including phenoxy) is 1. The number of aromatic nitrogens is 3. The van der Waals surface area contributed by atoms with Crippen molar-refractivity contribution < 1.29 is 14.3 Å². The smallest absolute Gasteiger partial charge is 0.278 e. The average molecular weight is 395 g/mol. The Labute approximate surface area is 166 Å². The molecule has 0 aliphatic carbocycles. The number of para-hydroxylation sites is 1. The van der Waals surface area contributed by atoms with Crippen molar-refractivity contribution in [3.05, 3.63) is 64.4 Å². The molecule has 2 aromatic carbocycles. The van der Waals surface area contributed by atoms with Crippen LogP contribution in [0.4, 0.5) is 0 Å². The summed E-state index contributed by atoms with van der Waals surface area (Å²) in [5, 5.41) is 13.3. The second kappa shape index (κ2) is 9.45. The summed E-state index contributed by atoms with van der Waals surface area (Å²) in [7, 11) is 1.60. The Balaban J connectivity index is 1.46. The summed E-state index contributed by atoms with van der Waals surface area (Å²) >= 11 is 0. The van der Waals surface area contributed by atoms with Crippen molar-refractivity contribution in [2.45, 2.75) is 13.0 Å². The van der Waals surface area contributed by atoms with Crippen molar-refractivity contribution in [1.82, 2.24) is 25.6 Å². The molecular weight excluding hydrogens is 374 g/mol. The van der Waals surface area contributed by atoms with E-state index in [1.807, 2.05) is 24.3 Å². The van der Waals surface area contributed by atoms with Gasteiger partial charge < -0.3 is 15.4 Å². The fraction of sp³-hybridized carbons (Fsp3) is 0.250. The molecule has 0 radical (unpaired) electrons. The van der Waals surface area contributed by atoms with Crippen molar-refractivity contribution >= 4 is 22.7 Å². The van der Waals surface area contributed by atoms with E-state index in [9.17, 15) is 14.4 Å². The van der Waals surface area contributed by atoms with Crippen LogP contribution in [0, 0.1) is 0 Å². The second-order valence-corrected chi connectivity index (χ2v) is 6.26. The van der Waals surface area contributed by atoms with Crippen LogP contribution in [0.5, 0.6) is 5.75 Å². The number of rotatable bonds is 8. The Bertz CT molecular complexity index is 1080. The molecule has 0 spiro atoms. The molecule has 3 aromatic rings. The standard InChI is InChI=1S/C20H21N5O4/c1-29-17-9-5-2-6-14(17)10-11-21-18(26)12-22-19(27)13-25-20(28)15-7-3-4-8-16(15)23-24-25/h2-9H,10-13H2,1H3,(H,21,26)(H,22,27). The van der Waals surface area contributed by atoms with Gasteiger partial charge in [0, 0.05) is 6.54 Å². The first-order valence-corrected chi connectivity index (χ1v) is 9.06. The van der Waals surface area contributed by atoms with Gasteiger partial charge in [-0.05, 0) is 30.2 Å². The Morgan fingerprint density at radius 3 is 2.62 bits per heavy atom. The van der Waals surface area contributed by atoms with E-state index in [0.29, 0.717) is 23.9 Å². The highest BCUT2D eigenvalue weighted by atomic mass is 16.5. The Morgan fingerprint density at radius 1 is 1.03 bits per heavy atom. The average Bonchev–Trinajstić information content (AvgIpc) is 2.75. The maximum absolute atomic E-state index is 12.3. The topological polar surface area (TPSA) is 115 Å². The van der Waals surface area contributed by atoms with Crippen LogP contribution in [-0.2, 0) is 22.6 Å². The lowest BCUT2D eigenvalue weighted by atomic mass is 10.1. The molecule has 9 heteroatoms. The van der Waals surface area contributed by atoms with Crippen molar-refractivity contribution in [1.29, 1.82) is 0 Å². The zero-order valence-corrected chi connectivity index (χ0v) is 15.9. The van der Waals surface area contributed by atoms with Crippen LogP contribution in [0.2, 0.25) is 0 Å². The van der Waals surface area contributed by atoms with Crippen molar-refractivity contribution in [3.63, 3.8) is 0 Å². The fourth-order valence-electron chi connectivity index (χ4n) is 2.81. The van der Waals surface area contributed by atoms with E-state index in [0.717, 1.165) is 16.0 Å². The summed E-state index contributed by atoms with van der Waals surface area (Å²) in [5.41, 5.74) is 1.03. The quantitative estimate of drug-likeness (QED) is 0.566. The van der Waals surface area contributed by atoms with Crippen LogP contribution in [0.25, 0.3) is 10.9 Å². The SMILES string of the molecule is COc1ccccc1CCNC(=O)CNC(=O)Cn1nnc2ccccc2c1=O. The molecule has 0 aliphatic rings. The van der Waals surface area contributed by atoms with E-state index in [1.165, 1.54) is 0 Å². The van der Waals surface area contributed by atoms with Crippen LogP contribution in [0.3, 0.4) is 0 Å². The molecule has 0 fully saturated rings. The third kappa shape index (κ3) is 5.16. The number of hydrogen-bond donors (Lipinski definition) is 2. The lowest BCUT2D eigenvalue weighted by molar-refractivity contribution is -0.126. The molecule has 150 valence electrons. The van der Waals surface area contributed by atoms with Gasteiger partial charge in [0.25, 0.3) is 5.56 Å². The highest BCUT2D eigenvalue weighted by Gasteiger charge is 2.11.